The van der Waals surface area contributed by atoms with Crippen molar-refractivity contribution in [1.29, 1.82) is 0 Å². The van der Waals surface area contributed by atoms with Crippen molar-refractivity contribution in [2.24, 2.45) is 11.1 Å². The number of para-hydroxylation sites is 1. The molecule has 3 nitrogen and oxygen atoms in total. The van der Waals surface area contributed by atoms with Gasteiger partial charge >= 0.3 is 0 Å². The van der Waals surface area contributed by atoms with Crippen LogP contribution in [0.15, 0.2) is 60.7 Å². The van der Waals surface area contributed by atoms with Crippen molar-refractivity contribution in [2.45, 2.75) is 52.2 Å². The molecule has 0 amide bonds. The first-order chi connectivity index (χ1) is 16.1. The van der Waals surface area contributed by atoms with Crippen LogP contribution in [0.4, 0.5) is 10.1 Å². The zero-order valence-electron chi connectivity index (χ0n) is 19.4. The van der Waals surface area contributed by atoms with Gasteiger partial charge in [0.2, 0.25) is 0 Å². The minimum Gasteiger partial charge on any atom is -0.489 e. The minimum absolute atomic E-state index is 0.145. The molecule has 1 spiro atoms. The van der Waals surface area contributed by atoms with Gasteiger partial charge in [-0.15, -0.1) is 0 Å². The Hall–Kier alpha value is -2.85. The lowest BCUT2D eigenvalue weighted by atomic mass is 9.92. The predicted molar refractivity (Wildman–Crippen MR) is 133 cm³/mol. The largest absolute Gasteiger partial charge is 0.489 e. The van der Waals surface area contributed by atoms with E-state index in [1.54, 1.807) is 0 Å². The summed E-state index contributed by atoms with van der Waals surface area (Å²) in [5, 5.41) is 0. The van der Waals surface area contributed by atoms with Gasteiger partial charge in [0.1, 0.15) is 12.4 Å². The molecule has 2 N–H and O–H groups in total. The molecule has 0 atom stereocenters. The quantitative estimate of drug-likeness (QED) is 0.454. The number of anilines is 1. The number of hydrogen-bond donors (Lipinski definition) is 1. The van der Waals surface area contributed by atoms with Crippen LogP contribution in [0.25, 0.3) is 11.1 Å². The SMILES string of the molecule is CCc1ccccc1OCc1cc(-c2cccc(CN)c2)c(F)c(N2CCC3(CC2)CC3)c1. The number of benzene rings is 3. The van der Waals surface area contributed by atoms with Crippen LogP contribution < -0.4 is 15.4 Å². The van der Waals surface area contributed by atoms with Gasteiger partial charge in [0, 0.05) is 25.2 Å². The second-order valence-electron chi connectivity index (χ2n) is 9.62. The maximum atomic E-state index is 15.9. The van der Waals surface area contributed by atoms with Gasteiger partial charge in [-0.1, -0.05) is 43.3 Å². The van der Waals surface area contributed by atoms with Gasteiger partial charge in [0.05, 0.1) is 5.69 Å². The fraction of sp³-hybridized carbons (Fsp3) is 0.379. The smallest absolute Gasteiger partial charge is 0.154 e. The van der Waals surface area contributed by atoms with E-state index in [4.69, 9.17) is 10.5 Å². The summed E-state index contributed by atoms with van der Waals surface area (Å²) in [5.41, 5.74) is 11.8. The number of nitrogens with zero attached hydrogens (tertiary/aromatic N) is 1. The molecule has 3 aromatic carbocycles. The zero-order valence-corrected chi connectivity index (χ0v) is 19.4. The Morgan fingerprint density at radius 2 is 1.73 bits per heavy atom. The van der Waals surface area contributed by atoms with Crippen LogP contribution >= 0.6 is 0 Å². The van der Waals surface area contributed by atoms with Crippen LogP contribution in [0.3, 0.4) is 0 Å². The maximum absolute atomic E-state index is 15.9. The van der Waals surface area contributed by atoms with Crippen molar-refractivity contribution in [3.05, 3.63) is 83.2 Å². The number of piperidine rings is 1. The highest BCUT2D eigenvalue weighted by Crippen LogP contribution is 2.54. The minimum atomic E-state index is -0.145. The summed E-state index contributed by atoms with van der Waals surface area (Å²) >= 11 is 0. The molecule has 33 heavy (non-hydrogen) atoms. The molecule has 4 heteroatoms. The van der Waals surface area contributed by atoms with E-state index in [0.717, 1.165) is 54.8 Å². The van der Waals surface area contributed by atoms with Crippen LogP contribution in [-0.4, -0.2) is 13.1 Å². The molecule has 1 aliphatic heterocycles. The molecule has 1 heterocycles. The van der Waals surface area contributed by atoms with Crippen LogP contribution in [0, 0.1) is 11.2 Å². The first-order valence-electron chi connectivity index (χ1n) is 12.2. The number of hydrogen-bond acceptors (Lipinski definition) is 3. The Bertz CT molecular complexity index is 1130. The number of aryl methyl sites for hydroxylation is 1. The van der Waals surface area contributed by atoms with Crippen molar-refractivity contribution in [1.82, 2.24) is 0 Å². The summed E-state index contributed by atoms with van der Waals surface area (Å²) in [6.45, 7) is 4.81. The van der Waals surface area contributed by atoms with Crippen molar-refractivity contribution < 1.29 is 9.13 Å². The summed E-state index contributed by atoms with van der Waals surface area (Å²) in [5.74, 6) is 0.750. The highest BCUT2D eigenvalue weighted by atomic mass is 19.1. The van der Waals surface area contributed by atoms with E-state index in [9.17, 15) is 0 Å². The molecule has 2 fully saturated rings. The lowest BCUT2D eigenvalue weighted by Crippen LogP contribution is -2.35. The molecule has 5 rings (SSSR count). The fourth-order valence-corrected chi connectivity index (χ4v) is 5.05. The molecule has 0 unspecified atom stereocenters. The molecule has 0 aromatic heterocycles. The van der Waals surface area contributed by atoms with E-state index in [1.165, 1.54) is 18.4 Å². The first kappa shape index (κ1) is 22.0. The molecule has 172 valence electrons. The highest BCUT2D eigenvalue weighted by molar-refractivity contribution is 5.72. The topological polar surface area (TPSA) is 38.5 Å². The second-order valence-corrected chi connectivity index (χ2v) is 9.62. The third-order valence-corrected chi connectivity index (χ3v) is 7.46. The highest BCUT2D eigenvalue weighted by Gasteiger charge is 2.44. The van der Waals surface area contributed by atoms with Gasteiger partial charge < -0.3 is 15.4 Å². The first-order valence-corrected chi connectivity index (χ1v) is 12.2. The standard InChI is InChI=1S/C29H33FN2O/c1-2-23-7-3-4-9-27(23)33-20-22-17-25(24-8-5-6-21(16-24)19-31)28(30)26(18-22)32-14-12-29(10-11-29)13-15-32/h3-9,16-18H,2,10-15,19-20,31H2,1H3. The van der Waals surface area contributed by atoms with E-state index < -0.39 is 0 Å². The average Bonchev–Trinajstić information content (AvgIpc) is 3.62. The van der Waals surface area contributed by atoms with Crippen LogP contribution in [0.5, 0.6) is 5.75 Å². The third-order valence-electron chi connectivity index (χ3n) is 7.46. The van der Waals surface area contributed by atoms with Gasteiger partial charge in [0.25, 0.3) is 0 Å². The average molecular weight is 445 g/mol. The van der Waals surface area contributed by atoms with Crippen molar-refractivity contribution in [3.63, 3.8) is 0 Å². The number of ether oxygens (including phenoxy) is 1. The van der Waals surface area contributed by atoms with Crippen molar-refractivity contribution in [2.75, 3.05) is 18.0 Å². The van der Waals surface area contributed by atoms with Crippen LogP contribution in [0.2, 0.25) is 0 Å². The predicted octanol–water partition coefficient (Wildman–Crippen LogP) is 6.47. The Labute approximate surface area is 196 Å². The van der Waals surface area contributed by atoms with Gasteiger partial charge in [-0.3, -0.25) is 0 Å². The van der Waals surface area contributed by atoms with Gasteiger partial charge in [-0.2, -0.15) is 0 Å². The Kier molecular flexibility index (Phi) is 6.11. The monoisotopic (exact) mass is 444 g/mol. The maximum Gasteiger partial charge on any atom is 0.154 e. The molecule has 0 radical (unpaired) electrons. The van der Waals surface area contributed by atoms with Crippen molar-refractivity contribution in [3.8, 4) is 16.9 Å². The fourth-order valence-electron chi connectivity index (χ4n) is 5.05. The summed E-state index contributed by atoms with van der Waals surface area (Å²) in [4.78, 5) is 2.23. The Morgan fingerprint density at radius 3 is 2.45 bits per heavy atom. The Balaban J connectivity index is 1.49. The van der Waals surface area contributed by atoms with E-state index in [0.29, 0.717) is 29.8 Å². The molecular weight excluding hydrogens is 411 g/mol. The molecule has 1 saturated carbocycles. The molecule has 1 saturated heterocycles. The summed E-state index contributed by atoms with van der Waals surface area (Å²) < 4.78 is 22.1. The van der Waals surface area contributed by atoms with E-state index >= 15 is 4.39 Å². The van der Waals surface area contributed by atoms with Crippen LogP contribution in [-0.2, 0) is 19.6 Å². The lowest BCUT2D eigenvalue weighted by Gasteiger charge is -2.34. The molecule has 0 bridgehead atoms. The lowest BCUT2D eigenvalue weighted by molar-refractivity contribution is 0.303. The van der Waals surface area contributed by atoms with Gasteiger partial charge in [-0.25, -0.2) is 4.39 Å². The summed E-state index contributed by atoms with van der Waals surface area (Å²) in [6, 6.07) is 20.0. The van der Waals surface area contributed by atoms with Crippen LogP contribution in [0.1, 0.15) is 49.3 Å². The van der Waals surface area contributed by atoms with Gasteiger partial charge in [0.15, 0.2) is 5.82 Å². The molecule has 2 aliphatic rings. The number of rotatable bonds is 7. The summed E-state index contributed by atoms with van der Waals surface area (Å²) in [6.07, 6.45) is 5.91. The number of halogens is 1. The zero-order chi connectivity index (χ0) is 22.8. The normalized spacial score (nSPS) is 16.8. The third kappa shape index (κ3) is 4.63. The molecular formula is C29H33FN2O. The second kappa shape index (κ2) is 9.18. The van der Waals surface area contributed by atoms with Gasteiger partial charge in [-0.05, 0) is 84.0 Å². The summed E-state index contributed by atoms with van der Waals surface area (Å²) in [7, 11) is 0. The Morgan fingerprint density at radius 1 is 0.939 bits per heavy atom. The molecule has 1 aliphatic carbocycles. The number of nitrogens with two attached hydrogens (primary N) is 1. The molecule has 3 aromatic rings. The van der Waals surface area contributed by atoms with E-state index in [-0.39, 0.29) is 5.82 Å². The van der Waals surface area contributed by atoms with E-state index in [1.807, 2.05) is 54.6 Å². The van der Waals surface area contributed by atoms with Crippen molar-refractivity contribution >= 4 is 5.69 Å². The van der Waals surface area contributed by atoms with E-state index in [2.05, 4.69) is 17.9 Å².